The van der Waals surface area contributed by atoms with Crippen molar-refractivity contribution in [3.05, 3.63) is 18.3 Å². The summed E-state index contributed by atoms with van der Waals surface area (Å²) in [6, 6.07) is 4.79. The van der Waals surface area contributed by atoms with E-state index in [0.717, 1.165) is 12.0 Å². The van der Waals surface area contributed by atoms with Crippen LogP contribution in [0, 0.1) is 5.92 Å². The second-order valence-electron chi connectivity index (χ2n) is 5.39. The van der Waals surface area contributed by atoms with E-state index in [4.69, 9.17) is 5.73 Å². The first kappa shape index (κ1) is 10.9. The zero-order valence-electron chi connectivity index (χ0n) is 10.3. The molecule has 92 valence electrons. The van der Waals surface area contributed by atoms with Crippen LogP contribution in [0.4, 0.5) is 11.5 Å². The van der Waals surface area contributed by atoms with E-state index in [1.54, 1.807) is 0 Å². The smallest absolute Gasteiger partial charge is 0.123 e. The second kappa shape index (κ2) is 4.55. The zero-order chi connectivity index (χ0) is 11.7. The number of nitrogens with two attached hydrogens (primary N) is 1. The van der Waals surface area contributed by atoms with Crippen LogP contribution in [0.1, 0.15) is 38.5 Å². The van der Waals surface area contributed by atoms with E-state index in [2.05, 4.69) is 16.0 Å². The Balaban J connectivity index is 1.78. The first-order valence-corrected chi connectivity index (χ1v) is 6.83. The normalized spacial score (nSPS) is 25.6. The summed E-state index contributed by atoms with van der Waals surface area (Å²) >= 11 is 0. The predicted molar refractivity (Wildman–Crippen MR) is 71.0 cm³/mol. The van der Waals surface area contributed by atoms with Gasteiger partial charge in [0.15, 0.2) is 0 Å². The molecule has 1 aromatic heterocycles. The molecule has 0 radical (unpaired) electrons. The van der Waals surface area contributed by atoms with Crippen molar-refractivity contribution >= 4 is 11.5 Å². The van der Waals surface area contributed by atoms with Gasteiger partial charge in [-0.3, -0.25) is 0 Å². The Morgan fingerprint density at radius 3 is 2.65 bits per heavy atom. The number of pyridine rings is 1. The summed E-state index contributed by atoms with van der Waals surface area (Å²) in [7, 11) is 0. The highest BCUT2D eigenvalue weighted by Crippen LogP contribution is 2.37. The van der Waals surface area contributed by atoms with Crippen LogP contribution in [0.25, 0.3) is 0 Å². The van der Waals surface area contributed by atoms with Crippen LogP contribution in [0.2, 0.25) is 0 Å². The SMILES string of the molecule is Nc1ccc(N2CCCC2C2CCCC2)cn1. The van der Waals surface area contributed by atoms with Crippen LogP contribution in [0.5, 0.6) is 0 Å². The summed E-state index contributed by atoms with van der Waals surface area (Å²) in [5.41, 5.74) is 6.91. The van der Waals surface area contributed by atoms with Crippen molar-refractivity contribution in [3.8, 4) is 0 Å². The average Bonchev–Trinajstić information content (AvgIpc) is 3.00. The molecule has 2 fully saturated rings. The van der Waals surface area contributed by atoms with Gasteiger partial charge in [-0.1, -0.05) is 12.8 Å². The molecule has 17 heavy (non-hydrogen) atoms. The third-order valence-corrected chi connectivity index (χ3v) is 4.35. The van der Waals surface area contributed by atoms with Gasteiger partial charge in [-0.25, -0.2) is 4.98 Å². The lowest BCUT2D eigenvalue weighted by Crippen LogP contribution is -2.34. The summed E-state index contributed by atoms with van der Waals surface area (Å²) in [4.78, 5) is 6.78. The molecule has 1 aliphatic heterocycles. The Morgan fingerprint density at radius 2 is 1.94 bits per heavy atom. The monoisotopic (exact) mass is 231 g/mol. The minimum absolute atomic E-state index is 0.616. The van der Waals surface area contributed by atoms with Crippen molar-refractivity contribution < 1.29 is 0 Å². The van der Waals surface area contributed by atoms with E-state index in [-0.39, 0.29) is 0 Å². The lowest BCUT2D eigenvalue weighted by atomic mass is 9.96. The first-order valence-electron chi connectivity index (χ1n) is 6.83. The predicted octanol–water partition coefficient (Wildman–Crippen LogP) is 2.82. The molecule has 0 bridgehead atoms. The van der Waals surface area contributed by atoms with Gasteiger partial charge >= 0.3 is 0 Å². The molecular weight excluding hydrogens is 210 g/mol. The van der Waals surface area contributed by atoms with Gasteiger partial charge < -0.3 is 10.6 Å². The van der Waals surface area contributed by atoms with Gasteiger partial charge in [0.1, 0.15) is 5.82 Å². The maximum atomic E-state index is 5.65. The van der Waals surface area contributed by atoms with Crippen LogP contribution in [0.15, 0.2) is 18.3 Å². The third kappa shape index (κ3) is 2.11. The highest BCUT2D eigenvalue weighted by molar-refractivity contribution is 5.49. The van der Waals surface area contributed by atoms with Crippen molar-refractivity contribution in [1.82, 2.24) is 4.98 Å². The highest BCUT2D eigenvalue weighted by Gasteiger charge is 2.33. The van der Waals surface area contributed by atoms with E-state index in [9.17, 15) is 0 Å². The molecule has 0 spiro atoms. The van der Waals surface area contributed by atoms with Crippen LogP contribution < -0.4 is 10.6 Å². The molecule has 0 amide bonds. The number of hydrogen-bond donors (Lipinski definition) is 1. The van der Waals surface area contributed by atoms with Crippen molar-refractivity contribution in [2.75, 3.05) is 17.2 Å². The Bertz CT molecular complexity index is 368. The molecular formula is C14H21N3. The second-order valence-corrected chi connectivity index (χ2v) is 5.39. The maximum Gasteiger partial charge on any atom is 0.123 e. The lowest BCUT2D eigenvalue weighted by Gasteiger charge is -2.31. The number of rotatable bonds is 2. The Morgan fingerprint density at radius 1 is 1.12 bits per heavy atom. The summed E-state index contributed by atoms with van der Waals surface area (Å²) in [5, 5.41) is 0. The van der Waals surface area contributed by atoms with E-state index in [1.165, 1.54) is 50.8 Å². The number of hydrogen-bond acceptors (Lipinski definition) is 3. The number of nitrogen functional groups attached to an aromatic ring is 1. The Hall–Kier alpha value is -1.25. The van der Waals surface area contributed by atoms with Crippen molar-refractivity contribution in [1.29, 1.82) is 0 Å². The summed E-state index contributed by atoms with van der Waals surface area (Å²) in [5.74, 6) is 1.53. The lowest BCUT2D eigenvalue weighted by molar-refractivity contribution is 0.430. The van der Waals surface area contributed by atoms with Crippen molar-refractivity contribution in [2.24, 2.45) is 5.92 Å². The molecule has 1 saturated carbocycles. The van der Waals surface area contributed by atoms with Gasteiger partial charge in [0.2, 0.25) is 0 Å². The first-order chi connectivity index (χ1) is 8.34. The molecule has 2 heterocycles. The fourth-order valence-electron chi connectivity index (χ4n) is 3.51. The zero-order valence-corrected chi connectivity index (χ0v) is 10.3. The van der Waals surface area contributed by atoms with Gasteiger partial charge in [0.25, 0.3) is 0 Å². The van der Waals surface area contributed by atoms with Gasteiger partial charge in [0.05, 0.1) is 11.9 Å². The average molecular weight is 231 g/mol. The van der Waals surface area contributed by atoms with Gasteiger partial charge in [-0.05, 0) is 43.7 Å². The number of aromatic nitrogens is 1. The van der Waals surface area contributed by atoms with E-state index < -0.39 is 0 Å². The molecule has 1 aliphatic carbocycles. The minimum Gasteiger partial charge on any atom is -0.384 e. The maximum absolute atomic E-state index is 5.65. The minimum atomic E-state index is 0.616. The highest BCUT2D eigenvalue weighted by atomic mass is 15.2. The van der Waals surface area contributed by atoms with Crippen molar-refractivity contribution in [2.45, 2.75) is 44.6 Å². The molecule has 2 N–H and O–H groups in total. The van der Waals surface area contributed by atoms with E-state index >= 15 is 0 Å². The molecule has 1 atom stereocenters. The Kier molecular flexibility index (Phi) is 2.91. The molecule has 3 nitrogen and oxygen atoms in total. The van der Waals surface area contributed by atoms with Crippen LogP contribution in [-0.2, 0) is 0 Å². The fourth-order valence-corrected chi connectivity index (χ4v) is 3.51. The Labute approximate surface area is 103 Å². The fraction of sp³-hybridized carbons (Fsp3) is 0.643. The largest absolute Gasteiger partial charge is 0.384 e. The summed E-state index contributed by atoms with van der Waals surface area (Å²) in [6.45, 7) is 1.19. The summed E-state index contributed by atoms with van der Waals surface area (Å²) in [6.07, 6.45) is 10.3. The van der Waals surface area contributed by atoms with Crippen molar-refractivity contribution in [3.63, 3.8) is 0 Å². The molecule has 1 unspecified atom stereocenters. The van der Waals surface area contributed by atoms with Crippen LogP contribution in [-0.4, -0.2) is 17.6 Å². The topological polar surface area (TPSA) is 42.1 Å². The van der Waals surface area contributed by atoms with Gasteiger partial charge in [0, 0.05) is 12.6 Å². The molecule has 3 heteroatoms. The standard InChI is InChI=1S/C14H21N3/c15-14-8-7-12(10-16-14)17-9-3-6-13(17)11-4-1-2-5-11/h7-8,10-11,13H,1-6,9H2,(H2,15,16). The molecule has 1 saturated heterocycles. The molecule has 1 aromatic rings. The molecule has 3 rings (SSSR count). The number of nitrogens with zero attached hydrogens (tertiary/aromatic N) is 2. The van der Waals surface area contributed by atoms with E-state index in [1.807, 2.05) is 12.3 Å². The van der Waals surface area contributed by atoms with Crippen LogP contribution in [0.3, 0.4) is 0 Å². The third-order valence-electron chi connectivity index (χ3n) is 4.35. The molecule has 2 aliphatic rings. The van der Waals surface area contributed by atoms with E-state index in [0.29, 0.717) is 5.82 Å². The quantitative estimate of drug-likeness (QED) is 0.851. The number of anilines is 2. The molecule has 0 aromatic carbocycles. The van der Waals surface area contributed by atoms with Gasteiger partial charge in [-0.2, -0.15) is 0 Å². The van der Waals surface area contributed by atoms with Gasteiger partial charge in [-0.15, -0.1) is 0 Å². The van der Waals surface area contributed by atoms with Crippen LogP contribution >= 0.6 is 0 Å². The summed E-state index contributed by atoms with van der Waals surface area (Å²) < 4.78 is 0.